The van der Waals surface area contributed by atoms with Crippen LogP contribution in [0.15, 0.2) is 41.8 Å². The molecular formula is C14H16ClN3O4S2. The molecule has 0 spiro atoms. The van der Waals surface area contributed by atoms with Crippen molar-refractivity contribution in [3.63, 3.8) is 0 Å². The molecule has 0 atom stereocenters. The normalized spacial score (nSPS) is 16.9. The molecule has 1 aliphatic rings. The Bertz CT molecular complexity index is 963. The van der Waals surface area contributed by atoms with Gasteiger partial charge in [-0.25, -0.2) is 21.8 Å². The lowest BCUT2D eigenvalue weighted by molar-refractivity contribution is 0.308. The van der Waals surface area contributed by atoms with Gasteiger partial charge in [0.2, 0.25) is 25.0 Å². The fraction of sp³-hybridized carbons (Fsp3) is 0.357. The SMILES string of the molecule is Cn1ccnc1S(=O)(=O)C1CN(S(=O)(=O)Cc2ccccc2Cl)C1. The maximum absolute atomic E-state index is 12.5. The van der Waals surface area contributed by atoms with E-state index in [-0.39, 0.29) is 24.0 Å². The largest absolute Gasteiger partial charge is 0.325 e. The highest BCUT2D eigenvalue weighted by atomic mass is 35.5. The van der Waals surface area contributed by atoms with Crippen molar-refractivity contribution in [1.82, 2.24) is 13.9 Å². The Labute approximate surface area is 145 Å². The van der Waals surface area contributed by atoms with Gasteiger partial charge >= 0.3 is 0 Å². The van der Waals surface area contributed by atoms with Gasteiger partial charge in [0.15, 0.2) is 0 Å². The van der Waals surface area contributed by atoms with E-state index in [4.69, 9.17) is 11.6 Å². The highest BCUT2D eigenvalue weighted by Gasteiger charge is 2.45. The van der Waals surface area contributed by atoms with Gasteiger partial charge in [-0.15, -0.1) is 0 Å². The van der Waals surface area contributed by atoms with E-state index in [1.807, 2.05) is 0 Å². The molecule has 2 aromatic rings. The van der Waals surface area contributed by atoms with Gasteiger partial charge in [-0.3, -0.25) is 0 Å². The Hall–Kier alpha value is -1.42. The number of aryl methyl sites for hydroxylation is 1. The van der Waals surface area contributed by atoms with Crippen molar-refractivity contribution >= 4 is 31.5 Å². The maximum Gasteiger partial charge on any atom is 0.227 e. The molecule has 2 heterocycles. The van der Waals surface area contributed by atoms with Crippen LogP contribution in [-0.2, 0) is 32.7 Å². The second kappa shape index (κ2) is 6.14. The molecule has 1 aliphatic heterocycles. The Kier molecular flexibility index (Phi) is 4.45. The van der Waals surface area contributed by atoms with E-state index in [1.165, 1.54) is 21.3 Å². The van der Waals surface area contributed by atoms with E-state index in [9.17, 15) is 16.8 Å². The van der Waals surface area contributed by atoms with Crippen molar-refractivity contribution in [2.75, 3.05) is 13.1 Å². The number of sulfone groups is 1. The summed E-state index contributed by atoms with van der Waals surface area (Å²) in [5.74, 6) is -0.248. The zero-order valence-corrected chi connectivity index (χ0v) is 15.2. The average molecular weight is 390 g/mol. The molecule has 0 aliphatic carbocycles. The second-order valence-corrected chi connectivity index (χ2v) is 10.2. The number of aromatic nitrogens is 2. The van der Waals surface area contributed by atoms with Crippen LogP contribution in [0.4, 0.5) is 0 Å². The van der Waals surface area contributed by atoms with E-state index in [1.54, 1.807) is 31.3 Å². The first kappa shape index (κ1) is 17.4. The van der Waals surface area contributed by atoms with Gasteiger partial charge in [-0.1, -0.05) is 29.8 Å². The summed E-state index contributed by atoms with van der Waals surface area (Å²) in [6, 6.07) is 6.69. The molecule has 0 N–H and O–H groups in total. The number of sulfonamides is 1. The molecule has 0 amide bonds. The van der Waals surface area contributed by atoms with Crippen LogP contribution in [0.5, 0.6) is 0 Å². The quantitative estimate of drug-likeness (QED) is 0.762. The van der Waals surface area contributed by atoms with Crippen LogP contribution in [-0.4, -0.2) is 49.0 Å². The van der Waals surface area contributed by atoms with Gasteiger partial charge in [0, 0.05) is 37.6 Å². The summed E-state index contributed by atoms with van der Waals surface area (Å²) < 4.78 is 52.3. The van der Waals surface area contributed by atoms with Crippen LogP contribution in [0.3, 0.4) is 0 Å². The van der Waals surface area contributed by atoms with Crippen LogP contribution in [0.1, 0.15) is 5.56 Å². The zero-order chi connectivity index (χ0) is 17.5. The fourth-order valence-corrected chi connectivity index (χ4v) is 6.34. The molecule has 0 saturated carbocycles. The first-order valence-corrected chi connectivity index (χ1v) is 10.7. The molecule has 1 aromatic heterocycles. The molecule has 0 radical (unpaired) electrons. The molecule has 130 valence electrons. The lowest BCUT2D eigenvalue weighted by Gasteiger charge is -2.37. The number of rotatable bonds is 5. The van der Waals surface area contributed by atoms with Crippen molar-refractivity contribution in [3.8, 4) is 0 Å². The smallest absolute Gasteiger partial charge is 0.227 e. The molecular weight excluding hydrogens is 374 g/mol. The van der Waals surface area contributed by atoms with E-state index < -0.39 is 25.1 Å². The molecule has 10 heteroatoms. The van der Waals surface area contributed by atoms with Crippen molar-refractivity contribution in [1.29, 1.82) is 0 Å². The van der Waals surface area contributed by atoms with Crippen molar-refractivity contribution in [2.45, 2.75) is 16.2 Å². The highest BCUT2D eigenvalue weighted by Crippen LogP contribution is 2.27. The van der Waals surface area contributed by atoms with Crippen LogP contribution < -0.4 is 0 Å². The van der Waals surface area contributed by atoms with Gasteiger partial charge in [-0.2, -0.15) is 4.31 Å². The molecule has 1 saturated heterocycles. The minimum Gasteiger partial charge on any atom is -0.325 e. The summed E-state index contributed by atoms with van der Waals surface area (Å²) in [6.45, 7) is -0.135. The summed E-state index contributed by atoms with van der Waals surface area (Å²) in [7, 11) is -5.67. The van der Waals surface area contributed by atoms with Crippen LogP contribution in [0.25, 0.3) is 0 Å². The highest BCUT2D eigenvalue weighted by molar-refractivity contribution is 7.92. The Morgan fingerprint density at radius 1 is 1.21 bits per heavy atom. The Morgan fingerprint density at radius 2 is 1.88 bits per heavy atom. The first-order chi connectivity index (χ1) is 11.2. The molecule has 24 heavy (non-hydrogen) atoms. The summed E-state index contributed by atoms with van der Waals surface area (Å²) in [6.07, 6.45) is 2.94. The van der Waals surface area contributed by atoms with Gasteiger partial charge in [0.1, 0.15) is 0 Å². The van der Waals surface area contributed by atoms with Gasteiger partial charge in [0.25, 0.3) is 0 Å². The van der Waals surface area contributed by atoms with Gasteiger partial charge in [-0.05, 0) is 11.6 Å². The van der Waals surface area contributed by atoms with E-state index in [0.717, 1.165) is 0 Å². The third-order valence-electron chi connectivity index (χ3n) is 3.97. The van der Waals surface area contributed by atoms with Crippen LogP contribution >= 0.6 is 11.6 Å². The number of hydrogen-bond acceptors (Lipinski definition) is 5. The first-order valence-electron chi connectivity index (χ1n) is 7.14. The molecule has 0 bridgehead atoms. The van der Waals surface area contributed by atoms with Gasteiger partial charge < -0.3 is 4.57 Å². The number of halogens is 1. The van der Waals surface area contributed by atoms with Crippen LogP contribution in [0.2, 0.25) is 5.02 Å². The third kappa shape index (κ3) is 3.08. The molecule has 1 fully saturated rings. The number of hydrogen-bond donors (Lipinski definition) is 0. The summed E-state index contributed by atoms with van der Waals surface area (Å²) in [4.78, 5) is 3.85. The van der Waals surface area contributed by atoms with Crippen molar-refractivity contribution < 1.29 is 16.8 Å². The lowest BCUT2D eigenvalue weighted by atomic mass is 10.2. The van der Waals surface area contributed by atoms with Crippen molar-refractivity contribution in [3.05, 3.63) is 47.2 Å². The number of benzene rings is 1. The lowest BCUT2D eigenvalue weighted by Crippen LogP contribution is -2.57. The number of nitrogens with zero attached hydrogens (tertiary/aromatic N) is 3. The average Bonchev–Trinajstić information content (AvgIpc) is 2.85. The standard InChI is InChI=1S/C14H16ClN3O4S2/c1-17-7-6-16-14(17)24(21,22)12-8-18(9-12)23(19,20)10-11-4-2-3-5-13(11)15/h2-7,12H,8-10H2,1H3. The van der Waals surface area contributed by atoms with E-state index in [2.05, 4.69) is 4.98 Å². The monoisotopic (exact) mass is 389 g/mol. The Balaban J connectivity index is 1.72. The minimum absolute atomic E-state index is 0.0457. The van der Waals surface area contributed by atoms with E-state index >= 15 is 0 Å². The third-order valence-corrected chi connectivity index (χ3v) is 8.18. The molecule has 0 unspecified atom stereocenters. The van der Waals surface area contributed by atoms with Gasteiger partial charge in [0.05, 0.1) is 11.0 Å². The predicted molar refractivity (Wildman–Crippen MR) is 89.8 cm³/mol. The molecule has 7 nitrogen and oxygen atoms in total. The van der Waals surface area contributed by atoms with Crippen LogP contribution in [0, 0.1) is 0 Å². The zero-order valence-electron chi connectivity index (χ0n) is 12.8. The van der Waals surface area contributed by atoms with Crippen molar-refractivity contribution in [2.24, 2.45) is 7.05 Å². The Morgan fingerprint density at radius 3 is 2.46 bits per heavy atom. The maximum atomic E-state index is 12.5. The summed E-state index contributed by atoms with van der Waals surface area (Å²) in [5, 5.41) is -0.450. The molecule has 3 rings (SSSR count). The topological polar surface area (TPSA) is 89.3 Å². The summed E-state index contributed by atoms with van der Waals surface area (Å²) >= 11 is 5.99. The number of imidazole rings is 1. The minimum atomic E-state index is -3.64. The second-order valence-electron chi connectivity index (χ2n) is 5.65. The predicted octanol–water partition coefficient (Wildman–Crippen LogP) is 1.06. The molecule has 1 aromatic carbocycles. The van der Waals surface area contributed by atoms with E-state index in [0.29, 0.717) is 10.6 Å². The summed E-state index contributed by atoms with van der Waals surface area (Å²) in [5.41, 5.74) is 0.495. The fourth-order valence-electron chi connectivity index (χ4n) is 2.50.